The molecule has 2 saturated heterocycles. The topological polar surface area (TPSA) is 77.9 Å². The fourth-order valence-electron chi connectivity index (χ4n) is 5.09. The van der Waals surface area contributed by atoms with Crippen LogP contribution in [0.5, 0.6) is 0 Å². The third-order valence-electron chi connectivity index (χ3n) is 6.85. The summed E-state index contributed by atoms with van der Waals surface area (Å²) in [6, 6.07) is 23.6. The lowest BCUT2D eigenvalue weighted by Gasteiger charge is -2.58. The van der Waals surface area contributed by atoms with Gasteiger partial charge in [-0.3, -0.25) is 4.79 Å². The van der Waals surface area contributed by atoms with Gasteiger partial charge in [-0.25, -0.2) is 8.42 Å². The SMILES string of the molecule is Cc1ccccc1S(=O)(=O)N1CC(=O)N2[C@H](CO)[C@H](c3ccc(C#Cc4ccccc4)cc3)[C@H]2C1. The predicted octanol–water partition coefficient (Wildman–Crippen LogP) is 2.75. The second-order valence-corrected chi connectivity index (χ2v) is 10.9. The highest BCUT2D eigenvalue weighted by Gasteiger charge is 2.55. The van der Waals surface area contributed by atoms with Crippen molar-refractivity contribution in [3.8, 4) is 11.8 Å². The van der Waals surface area contributed by atoms with E-state index in [1.165, 1.54) is 4.31 Å². The first-order chi connectivity index (χ1) is 16.9. The summed E-state index contributed by atoms with van der Waals surface area (Å²) in [5.74, 6) is 5.85. The van der Waals surface area contributed by atoms with Crippen LogP contribution in [0.3, 0.4) is 0 Å². The van der Waals surface area contributed by atoms with Crippen LogP contribution in [0, 0.1) is 18.8 Å². The highest BCUT2D eigenvalue weighted by molar-refractivity contribution is 7.89. The van der Waals surface area contributed by atoms with Crippen LogP contribution in [0.2, 0.25) is 0 Å². The van der Waals surface area contributed by atoms with E-state index in [4.69, 9.17) is 0 Å². The quantitative estimate of drug-likeness (QED) is 0.576. The van der Waals surface area contributed by atoms with E-state index in [0.29, 0.717) is 5.56 Å². The van der Waals surface area contributed by atoms with Crippen LogP contribution < -0.4 is 0 Å². The van der Waals surface area contributed by atoms with Gasteiger partial charge in [0, 0.05) is 23.6 Å². The molecule has 3 aromatic rings. The highest BCUT2D eigenvalue weighted by Crippen LogP contribution is 2.43. The Hall–Kier alpha value is -3.44. The van der Waals surface area contributed by atoms with E-state index >= 15 is 0 Å². The summed E-state index contributed by atoms with van der Waals surface area (Å²) in [5, 5.41) is 10.0. The second kappa shape index (κ2) is 9.31. The number of amides is 1. The smallest absolute Gasteiger partial charge is 0.243 e. The number of fused-ring (bicyclic) bond motifs is 1. The largest absolute Gasteiger partial charge is 0.394 e. The number of nitrogens with zero attached hydrogens (tertiary/aromatic N) is 2. The number of aliphatic hydroxyl groups excluding tert-OH is 1. The summed E-state index contributed by atoms with van der Waals surface area (Å²) >= 11 is 0. The third kappa shape index (κ3) is 4.25. The van der Waals surface area contributed by atoms with Gasteiger partial charge in [0.15, 0.2) is 0 Å². The molecule has 0 unspecified atom stereocenters. The van der Waals surface area contributed by atoms with Crippen molar-refractivity contribution in [1.82, 2.24) is 9.21 Å². The van der Waals surface area contributed by atoms with Crippen LogP contribution >= 0.6 is 0 Å². The van der Waals surface area contributed by atoms with E-state index in [2.05, 4.69) is 11.8 Å². The van der Waals surface area contributed by atoms with Gasteiger partial charge in [0.25, 0.3) is 0 Å². The Balaban J connectivity index is 1.39. The van der Waals surface area contributed by atoms with Crippen LogP contribution in [0.4, 0.5) is 0 Å². The summed E-state index contributed by atoms with van der Waals surface area (Å²) in [5.41, 5.74) is 3.39. The number of hydrogen-bond acceptors (Lipinski definition) is 4. The van der Waals surface area contributed by atoms with E-state index in [0.717, 1.165) is 16.7 Å². The molecule has 0 aromatic heterocycles. The molecular weight excluding hydrogens is 460 g/mol. The first-order valence-electron chi connectivity index (χ1n) is 11.5. The standard InChI is InChI=1S/C28H26N2O4S/c1-20-7-5-6-10-26(20)35(33,34)29-17-24-28(25(19-31)30(24)27(32)18-29)23-15-13-22(14-16-23)12-11-21-8-3-2-4-9-21/h2-10,13-16,24-25,28,31H,17-19H2,1H3/t24-,25-,28-/m1/s1. The van der Waals surface area contributed by atoms with Crippen LogP contribution in [0.25, 0.3) is 0 Å². The van der Waals surface area contributed by atoms with Gasteiger partial charge in [-0.2, -0.15) is 4.31 Å². The molecule has 35 heavy (non-hydrogen) atoms. The van der Waals surface area contributed by atoms with Gasteiger partial charge >= 0.3 is 0 Å². The minimum atomic E-state index is -3.81. The van der Waals surface area contributed by atoms with Crippen molar-refractivity contribution < 1.29 is 18.3 Å². The fraction of sp³-hybridized carbons (Fsp3) is 0.250. The summed E-state index contributed by atoms with van der Waals surface area (Å²) in [4.78, 5) is 14.8. The zero-order chi connectivity index (χ0) is 24.6. The summed E-state index contributed by atoms with van der Waals surface area (Å²) in [6.07, 6.45) is 0. The molecule has 1 amide bonds. The number of rotatable bonds is 4. The molecule has 3 aromatic carbocycles. The average molecular weight is 487 g/mol. The van der Waals surface area contributed by atoms with E-state index in [1.807, 2.05) is 54.6 Å². The zero-order valence-electron chi connectivity index (χ0n) is 19.3. The minimum Gasteiger partial charge on any atom is -0.394 e. The molecule has 7 heteroatoms. The maximum Gasteiger partial charge on any atom is 0.243 e. The van der Waals surface area contributed by atoms with Gasteiger partial charge in [-0.15, -0.1) is 0 Å². The van der Waals surface area contributed by atoms with Gasteiger partial charge in [0.1, 0.15) is 0 Å². The summed E-state index contributed by atoms with van der Waals surface area (Å²) in [6.45, 7) is 1.55. The molecule has 2 aliphatic rings. The minimum absolute atomic E-state index is 0.157. The monoisotopic (exact) mass is 486 g/mol. The molecular formula is C28H26N2O4S. The Kier molecular flexibility index (Phi) is 6.20. The molecule has 6 nitrogen and oxygen atoms in total. The molecule has 5 rings (SSSR count). The Morgan fingerprint density at radius 1 is 0.914 bits per heavy atom. The van der Waals surface area contributed by atoms with Crippen molar-refractivity contribution >= 4 is 15.9 Å². The van der Waals surface area contributed by atoms with E-state index < -0.39 is 10.0 Å². The third-order valence-corrected chi connectivity index (χ3v) is 8.82. The van der Waals surface area contributed by atoms with Crippen molar-refractivity contribution in [2.45, 2.75) is 29.8 Å². The molecule has 0 saturated carbocycles. The van der Waals surface area contributed by atoms with E-state index in [1.54, 1.807) is 36.1 Å². The molecule has 0 aliphatic carbocycles. The summed E-state index contributed by atoms with van der Waals surface area (Å²) in [7, 11) is -3.81. The molecule has 1 N–H and O–H groups in total. The first-order valence-corrected chi connectivity index (χ1v) is 13.0. The van der Waals surface area contributed by atoms with Crippen molar-refractivity contribution in [3.05, 3.63) is 101 Å². The number of carbonyl (C=O) groups is 1. The Bertz CT molecular complexity index is 1410. The maximum atomic E-state index is 13.3. The van der Waals surface area contributed by atoms with Crippen LogP contribution in [-0.4, -0.2) is 60.4 Å². The predicted molar refractivity (Wildman–Crippen MR) is 133 cm³/mol. The van der Waals surface area contributed by atoms with Gasteiger partial charge in [-0.05, 0) is 48.4 Å². The molecule has 0 radical (unpaired) electrons. The van der Waals surface area contributed by atoms with Gasteiger partial charge < -0.3 is 10.0 Å². The van der Waals surface area contributed by atoms with Crippen molar-refractivity contribution in [3.63, 3.8) is 0 Å². The Morgan fingerprint density at radius 2 is 1.54 bits per heavy atom. The van der Waals surface area contributed by atoms with Crippen molar-refractivity contribution in [1.29, 1.82) is 0 Å². The molecule has 0 spiro atoms. The normalized spacial score (nSPS) is 22.1. The van der Waals surface area contributed by atoms with E-state index in [9.17, 15) is 18.3 Å². The second-order valence-electron chi connectivity index (χ2n) is 8.95. The average Bonchev–Trinajstić information content (AvgIpc) is 2.85. The molecule has 3 atom stereocenters. The van der Waals surface area contributed by atoms with Crippen molar-refractivity contribution in [2.24, 2.45) is 0 Å². The van der Waals surface area contributed by atoms with Gasteiger partial charge in [0.05, 0.1) is 30.1 Å². The first kappa shape index (κ1) is 23.3. The maximum absolute atomic E-state index is 13.3. The molecule has 2 heterocycles. The lowest BCUT2D eigenvalue weighted by atomic mass is 9.74. The fourth-order valence-corrected chi connectivity index (χ4v) is 6.73. The Labute approximate surface area is 205 Å². The van der Waals surface area contributed by atoms with Gasteiger partial charge in [0.2, 0.25) is 15.9 Å². The highest BCUT2D eigenvalue weighted by atomic mass is 32.2. The zero-order valence-corrected chi connectivity index (χ0v) is 20.2. The molecule has 0 bridgehead atoms. The molecule has 2 fully saturated rings. The number of aliphatic hydroxyl groups is 1. The lowest BCUT2D eigenvalue weighted by Crippen LogP contribution is -2.73. The van der Waals surface area contributed by atoms with Gasteiger partial charge in [-0.1, -0.05) is 60.4 Å². The number of aryl methyl sites for hydroxylation is 1. The van der Waals surface area contributed by atoms with Crippen LogP contribution in [-0.2, 0) is 14.8 Å². The van der Waals surface area contributed by atoms with Crippen LogP contribution in [0.1, 0.15) is 28.2 Å². The lowest BCUT2D eigenvalue weighted by molar-refractivity contribution is -0.158. The molecule has 2 aliphatic heterocycles. The number of piperazine rings is 1. The number of hydrogen-bond donors (Lipinski definition) is 1. The molecule has 178 valence electrons. The summed E-state index contributed by atoms with van der Waals surface area (Å²) < 4.78 is 28.0. The number of sulfonamides is 1. The number of carbonyl (C=O) groups excluding carboxylic acids is 1. The van der Waals surface area contributed by atoms with E-state index in [-0.39, 0.29) is 48.5 Å². The van der Waals surface area contributed by atoms with Crippen LogP contribution in [0.15, 0.2) is 83.8 Å². The van der Waals surface area contributed by atoms with Crippen molar-refractivity contribution in [2.75, 3.05) is 19.7 Å². The Morgan fingerprint density at radius 3 is 2.20 bits per heavy atom. The number of benzene rings is 3.